The van der Waals surface area contributed by atoms with Crippen LogP contribution in [0.2, 0.25) is 0 Å². The smallest absolute Gasteiger partial charge is 0.207 e. The van der Waals surface area contributed by atoms with Crippen LogP contribution < -0.4 is 4.90 Å². The number of nitrogens with zero attached hydrogens (tertiary/aromatic N) is 5. The fourth-order valence-electron chi connectivity index (χ4n) is 6.44. The van der Waals surface area contributed by atoms with Crippen LogP contribution in [0.25, 0.3) is 23.3 Å². The number of para-hydroxylation sites is 1. The lowest BCUT2D eigenvalue weighted by Crippen LogP contribution is -2.09. The number of fused-ring (bicyclic) bond motifs is 2. The third-order valence-corrected chi connectivity index (χ3v) is 12.5. The zero-order valence-electron chi connectivity index (χ0n) is 27.5. The second kappa shape index (κ2) is 13.5. The summed E-state index contributed by atoms with van der Waals surface area (Å²) in [6.07, 6.45) is 2.92. The van der Waals surface area contributed by atoms with Crippen molar-refractivity contribution in [3.63, 3.8) is 0 Å². The van der Waals surface area contributed by atoms with E-state index >= 15 is 0 Å². The molecule has 2 heterocycles. The molecule has 0 aromatic heterocycles. The molecule has 0 spiro atoms. The van der Waals surface area contributed by atoms with Crippen LogP contribution in [0.5, 0.6) is 0 Å². The van der Waals surface area contributed by atoms with E-state index in [4.69, 9.17) is 0 Å². The first-order valence-corrected chi connectivity index (χ1v) is 18.9. The number of hydrogen-bond acceptors (Lipinski definition) is 9. The van der Waals surface area contributed by atoms with Crippen LogP contribution in [-0.4, -0.2) is 16.8 Å². The lowest BCUT2D eigenvalue weighted by atomic mass is 9.99. The highest BCUT2D eigenvalue weighted by molar-refractivity contribution is 7.97. The lowest BCUT2D eigenvalue weighted by molar-refractivity contribution is 0.603. The van der Waals surface area contributed by atoms with Crippen molar-refractivity contribution >= 4 is 60.0 Å². The van der Waals surface area contributed by atoms with Crippen molar-refractivity contribution in [1.82, 2.24) is 0 Å². The molecule has 0 saturated heterocycles. The summed E-state index contributed by atoms with van der Waals surface area (Å²) in [5.74, 6) is 0. The first-order chi connectivity index (χ1) is 25.6. The summed E-state index contributed by atoms with van der Waals surface area (Å²) in [7, 11) is -8.01. The largest absolute Gasteiger partial charge is 0.311 e. The molecule has 53 heavy (non-hydrogen) atoms. The van der Waals surface area contributed by atoms with Gasteiger partial charge >= 0.3 is 0 Å². The van der Waals surface area contributed by atoms with E-state index in [0.29, 0.717) is 22.3 Å². The van der Waals surface area contributed by atoms with E-state index in [-0.39, 0.29) is 41.9 Å². The van der Waals surface area contributed by atoms with E-state index in [1.54, 1.807) is 60.7 Å². The minimum atomic E-state index is -4.00. The Morgan fingerprint density at radius 1 is 0.453 bits per heavy atom. The molecule has 0 aliphatic carbocycles. The van der Waals surface area contributed by atoms with Crippen molar-refractivity contribution < 1.29 is 16.8 Å². The molecule has 11 heteroatoms. The fraction of sp³-hybridized carbons (Fsp3) is 0. The highest BCUT2D eigenvalue weighted by atomic mass is 32.2. The summed E-state index contributed by atoms with van der Waals surface area (Å²) < 4.78 is 54.4. The van der Waals surface area contributed by atoms with Crippen LogP contribution in [0.15, 0.2) is 158 Å². The van der Waals surface area contributed by atoms with Crippen LogP contribution in [-0.2, 0) is 19.7 Å². The van der Waals surface area contributed by atoms with Crippen molar-refractivity contribution in [1.29, 1.82) is 21.0 Å². The molecule has 0 radical (unpaired) electrons. The van der Waals surface area contributed by atoms with Crippen molar-refractivity contribution in [3.05, 3.63) is 171 Å². The van der Waals surface area contributed by atoms with Crippen molar-refractivity contribution in [2.75, 3.05) is 4.90 Å². The van der Waals surface area contributed by atoms with Crippen molar-refractivity contribution in [2.24, 2.45) is 0 Å². The fourth-order valence-corrected chi connectivity index (χ4v) is 9.89. The summed E-state index contributed by atoms with van der Waals surface area (Å²) in [5, 5.41) is 38.7. The Morgan fingerprint density at radius 3 is 1.17 bits per heavy atom. The van der Waals surface area contributed by atoms with Gasteiger partial charge in [0.2, 0.25) is 19.7 Å². The summed E-state index contributed by atoms with van der Waals surface area (Å²) in [6, 6.07) is 43.6. The Hall–Kier alpha value is -7.28. The lowest BCUT2D eigenvalue weighted by Gasteiger charge is -2.25. The van der Waals surface area contributed by atoms with Gasteiger partial charge in [-0.2, -0.15) is 21.0 Å². The van der Waals surface area contributed by atoms with E-state index in [0.717, 1.165) is 17.1 Å². The Morgan fingerprint density at radius 2 is 0.792 bits per heavy atom. The Kier molecular flexibility index (Phi) is 8.67. The molecule has 0 unspecified atom stereocenters. The summed E-state index contributed by atoms with van der Waals surface area (Å²) in [5.41, 5.74) is 3.47. The predicted molar refractivity (Wildman–Crippen MR) is 201 cm³/mol. The van der Waals surface area contributed by atoms with Gasteiger partial charge < -0.3 is 4.90 Å². The topological polar surface area (TPSA) is 167 Å². The van der Waals surface area contributed by atoms with Crippen LogP contribution in [0.4, 0.5) is 17.1 Å². The molecule has 9 nitrogen and oxygen atoms in total. The third-order valence-electron chi connectivity index (χ3n) is 8.82. The van der Waals surface area contributed by atoms with Gasteiger partial charge in [-0.3, -0.25) is 0 Å². The standard InChI is InChI=1S/C42H23N5O4S2/c43-24-30(25-44)41-35-10-4-6-12-37(35)52(48,49)39(41)22-28-14-18-33(19-15-28)47(32-8-2-1-3-9-32)34-20-16-29(17-21-34)23-40-42(31(26-45)27-46)36-11-5-7-13-38(36)53(40,50)51/h1-23H/b39-22-,40-23-. The minimum absolute atomic E-state index is 0.0353. The second-order valence-corrected chi connectivity index (χ2v) is 15.6. The zero-order chi connectivity index (χ0) is 37.3. The summed E-state index contributed by atoms with van der Waals surface area (Å²) >= 11 is 0. The van der Waals surface area contributed by atoms with Crippen molar-refractivity contribution in [3.8, 4) is 24.3 Å². The molecule has 5 aromatic carbocycles. The number of nitriles is 4. The van der Waals surface area contributed by atoms with Gasteiger partial charge in [0.05, 0.1) is 19.6 Å². The molecular weight excluding hydrogens is 703 g/mol. The van der Waals surface area contributed by atoms with Gasteiger partial charge in [0, 0.05) is 39.3 Å². The maximum Gasteiger partial charge on any atom is 0.207 e. The molecule has 0 saturated carbocycles. The molecule has 5 aromatic rings. The zero-order valence-corrected chi connectivity index (χ0v) is 29.1. The Bertz CT molecular complexity index is 2670. The van der Waals surface area contributed by atoms with E-state index in [1.807, 2.05) is 83.8 Å². The number of sulfone groups is 2. The molecule has 0 bridgehead atoms. The summed E-state index contributed by atoms with van der Waals surface area (Å²) in [4.78, 5) is 1.77. The van der Waals surface area contributed by atoms with E-state index in [2.05, 4.69) is 0 Å². The number of hydrogen-bond donors (Lipinski definition) is 0. The van der Waals surface area contributed by atoms with E-state index in [9.17, 15) is 37.9 Å². The SMILES string of the molecule is N#CC(C#N)=C1/C(=C/c2ccc(N(c3ccccc3)c3ccc(/C=C4/C(=C(C#N)C#N)c5ccccc5S4(=O)=O)cc3)cc2)S(=O)(=O)c2ccccc21. The maximum absolute atomic E-state index is 13.6. The maximum atomic E-state index is 13.6. The molecule has 2 aliphatic heterocycles. The molecule has 0 N–H and O–H groups in total. The molecular formula is C42H23N5O4S2. The molecule has 2 aliphatic rings. The number of anilines is 3. The quantitative estimate of drug-likeness (QED) is 0.162. The van der Waals surface area contributed by atoms with Gasteiger partial charge in [-0.25, -0.2) is 16.8 Å². The van der Waals surface area contributed by atoms with Crippen LogP contribution in [0, 0.1) is 45.3 Å². The predicted octanol–water partition coefficient (Wildman–Crippen LogP) is 8.41. The Labute approximate surface area is 306 Å². The average Bonchev–Trinajstić information content (AvgIpc) is 3.54. The molecule has 7 rings (SSSR count). The monoisotopic (exact) mass is 725 g/mol. The highest BCUT2D eigenvalue weighted by Crippen LogP contribution is 2.47. The molecule has 0 fully saturated rings. The third kappa shape index (κ3) is 5.79. The van der Waals surface area contributed by atoms with Gasteiger partial charge in [-0.1, -0.05) is 78.9 Å². The van der Waals surface area contributed by atoms with E-state index in [1.165, 1.54) is 24.3 Å². The first kappa shape index (κ1) is 34.2. The molecule has 252 valence electrons. The number of allylic oxidation sites excluding steroid dienone is 4. The molecule has 0 atom stereocenters. The van der Waals surface area contributed by atoms with Gasteiger partial charge in [0.1, 0.15) is 35.4 Å². The van der Waals surface area contributed by atoms with Gasteiger partial charge in [-0.15, -0.1) is 0 Å². The van der Waals surface area contributed by atoms with Crippen LogP contribution in [0.3, 0.4) is 0 Å². The van der Waals surface area contributed by atoms with Gasteiger partial charge in [0.15, 0.2) is 0 Å². The van der Waals surface area contributed by atoms with Crippen molar-refractivity contribution in [2.45, 2.75) is 9.79 Å². The number of benzene rings is 5. The van der Waals surface area contributed by atoms with E-state index < -0.39 is 19.7 Å². The number of rotatable bonds is 5. The molecule has 0 amide bonds. The first-order valence-electron chi connectivity index (χ1n) is 15.9. The average molecular weight is 726 g/mol. The van der Waals surface area contributed by atoms with Gasteiger partial charge in [0.25, 0.3) is 0 Å². The summed E-state index contributed by atoms with van der Waals surface area (Å²) in [6.45, 7) is 0. The second-order valence-electron chi connectivity index (χ2n) is 11.8. The van der Waals surface area contributed by atoms with Gasteiger partial charge in [-0.05, 0) is 71.8 Å². The van der Waals surface area contributed by atoms with Crippen LogP contribution in [0.1, 0.15) is 22.3 Å². The van der Waals surface area contributed by atoms with Crippen LogP contribution >= 0.6 is 0 Å². The highest BCUT2D eigenvalue weighted by Gasteiger charge is 2.39. The minimum Gasteiger partial charge on any atom is -0.311 e. The Balaban J connectivity index is 1.28. The normalized spacial score (nSPS) is 16.1.